The van der Waals surface area contributed by atoms with Crippen molar-refractivity contribution in [2.24, 2.45) is 11.7 Å². The van der Waals surface area contributed by atoms with Gasteiger partial charge in [-0.1, -0.05) is 6.92 Å². The maximum Gasteiger partial charge on any atom is 0.401 e. The van der Waals surface area contributed by atoms with Gasteiger partial charge in [-0.2, -0.15) is 13.2 Å². The Morgan fingerprint density at radius 3 is 2.21 bits per heavy atom. The van der Waals surface area contributed by atoms with Gasteiger partial charge in [0, 0.05) is 12.1 Å². The van der Waals surface area contributed by atoms with Crippen molar-refractivity contribution in [1.29, 1.82) is 0 Å². The van der Waals surface area contributed by atoms with E-state index in [1.807, 2.05) is 6.92 Å². The summed E-state index contributed by atoms with van der Waals surface area (Å²) < 4.78 is 36.1. The molecule has 14 heavy (non-hydrogen) atoms. The number of nitrogens with one attached hydrogen (secondary N) is 1. The fraction of sp³-hybridized carbons (Fsp3) is 1.00. The van der Waals surface area contributed by atoms with Crippen molar-refractivity contribution in [3.05, 3.63) is 0 Å². The van der Waals surface area contributed by atoms with E-state index in [-0.39, 0.29) is 6.54 Å². The lowest BCUT2D eigenvalue weighted by atomic mass is 9.90. The maximum absolute atomic E-state index is 12.0. The van der Waals surface area contributed by atoms with Gasteiger partial charge in [-0.15, -0.1) is 0 Å². The van der Waals surface area contributed by atoms with Crippen LogP contribution in [-0.4, -0.2) is 24.8 Å². The molecule has 1 aliphatic rings. The summed E-state index contributed by atoms with van der Waals surface area (Å²) in [5.41, 5.74) is 5.07. The molecule has 84 valence electrons. The zero-order chi connectivity index (χ0) is 10.8. The largest absolute Gasteiger partial charge is 0.401 e. The summed E-state index contributed by atoms with van der Waals surface area (Å²) >= 11 is 0. The van der Waals surface area contributed by atoms with Gasteiger partial charge in [0.2, 0.25) is 0 Å². The minimum Gasteiger partial charge on any atom is -0.329 e. The van der Waals surface area contributed by atoms with E-state index in [1.165, 1.54) is 0 Å². The Morgan fingerprint density at radius 2 is 1.93 bits per heavy atom. The van der Waals surface area contributed by atoms with E-state index in [1.54, 1.807) is 0 Å². The van der Waals surface area contributed by atoms with Gasteiger partial charge in [0.05, 0.1) is 6.54 Å². The second-order valence-electron chi connectivity index (χ2n) is 3.96. The highest BCUT2D eigenvalue weighted by Crippen LogP contribution is 2.41. The summed E-state index contributed by atoms with van der Waals surface area (Å²) in [5.74, 6) is 0.333. The lowest BCUT2D eigenvalue weighted by Crippen LogP contribution is -2.55. The van der Waals surface area contributed by atoms with Crippen molar-refractivity contribution in [1.82, 2.24) is 5.32 Å². The third-order valence-corrected chi connectivity index (χ3v) is 2.99. The Bertz CT molecular complexity index is 183. The van der Waals surface area contributed by atoms with Gasteiger partial charge in [-0.05, 0) is 25.2 Å². The second-order valence-corrected chi connectivity index (χ2v) is 3.96. The molecular formula is C9H17F3N2. The number of nitrogens with two attached hydrogens (primary N) is 1. The molecule has 1 saturated carbocycles. The summed E-state index contributed by atoms with van der Waals surface area (Å²) in [4.78, 5) is 0. The molecule has 0 aromatic heterocycles. The van der Waals surface area contributed by atoms with E-state index >= 15 is 0 Å². The highest BCUT2D eigenvalue weighted by atomic mass is 19.4. The van der Waals surface area contributed by atoms with Crippen LogP contribution >= 0.6 is 0 Å². The predicted molar refractivity (Wildman–Crippen MR) is 48.9 cm³/mol. The van der Waals surface area contributed by atoms with Crippen LogP contribution in [0.1, 0.15) is 26.2 Å². The lowest BCUT2D eigenvalue weighted by molar-refractivity contribution is -0.129. The molecule has 0 saturated heterocycles. The summed E-state index contributed by atoms with van der Waals surface area (Å²) in [6, 6.07) is 0. The smallest absolute Gasteiger partial charge is 0.329 e. The van der Waals surface area contributed by atoms with Gasteiger partial charge in [0.15, 0.2) is 0 Å². The van der Waals surface area contributed by atoms with E-state index in [2.05, 4.69) is 5.32 Å². The molecule has 1 unspecified atom stereocenters. The summed E-state index contributed by atoms with van der Waals surface area (Å²) in [7, 11) is 0. The van der Waals surface area contributed by atoms with Crippen LogP contribution in [0.2, 0.25) is 0 Å². The molecule has 0 amide bonds. The molecule has 0 heterocycles. The van der Waals surface area contributed by atoms with E-state index in [4.69, 9.17) is 5.73 Å². The topological polar surface area (TPSA) is 38.0 Å². The van der Waals surface area contributed by atoms with Crippen LogP contribution in [0.5, 0.6) is 0 Å². The van der Waals surface area contributed by atoms with E-state index in [9.17, 15) is 13.2 Å². The minimum atomic E-state index is -4.15. The summed E-state index contributed by atoms with van der Waals surface area (Å²) in [6.07, 6.45) is -1.50. The Kier molecular flexibility index (Phi) is 3.42. The summed E-state index contributed by atoms with van der Waals surface area (Å²) in [5, 5.41) is 2.58. The maximum atomic E-state index is 12.0. The molecule has 0 radical (unpaired) electrons. The zero-order valence-corrected chi connectivity index (χ0v) is 8.32. The third-order valence-electron chi connectivity index (χ3n) is 2.99. The van der Waals surface area contributed by atoms with Crippen LogP contribution < -0.4 is 11.1 Å². The average molecular weight is 210 g/mol. The first-order chi connectivity index (χ1) is 6.43. The summed E-state index contributed by atoms with van der Waals surface area (Å²) in [6.45, 7) is 1.23. The van der Waals surface area contributed by atoms with Gasteiger partial charge in [-0.25, -0.2) is 0 Å². The molecule has 1 aliphatic carbocycles. The number of alkyl halides is 3. The molecule has 0 bridgehead atoms. The Morgan fingerprint density at radius 1 is 1.36 bits per heavy atom. The van der Waals surface area contributed by atoms with Crippen molar-refractivity contribution in [2.75, 3.05) is 13.1 Å². The van der Waals surface area contributed by atoms with Crippen LogP contribution in [0, 0.1) is 5.92 Å². The van der Waals surface area contributed by atoms with Crippen LogP contribution in [0.4, 0.5) is 13.2 Å². The first kappa shape index (κ1) is 11.8. The minimum absolute atomic E-state index is 0.282. The molecule has 1 atom stereocenters. The molecule has 3 N–H and O–H groups in total. The molecule has 0 spiro atoms. The average Bonchev–Trinajstić information content (AvgIpc) is 2.89. The monoisotopic (exact) mass is 210 g/mol. The normalized spacial score (nSPS) is 22.1. The first-order valence-electron chi connectivity index (χ1n) is 4.95. The number of hydrogen-bond donors (Lipinski definition) is 2. The molecule has 0 aromatic rings. The zero-order valence-electron chi connectivity index (χ0n) is 8.32. The van der Waals surface area contributed by atoms with Crippen LogP contribution in [0.3, 0.4) is 0 Å². The second kappa shape index (κ2) is 4.06. The van der Waals surface area contributed by atoms with Crippen molar-refractivity contribution in [2.45, 2.75) is 37.9 Å². The molecule has 0 aliphatic heterocycles. The molecule has 1 fully saturated rings. The standard InChI is InChI=1S/C9H17F3N2/c1-2-8(5-13,7-3-4-7)14-6-9(10,11)12/h7,14H,2-6,13H2,1H3. The number of hydrogen-bond acceptors (Lipinski definition) is 2. The van der Waals surface area contributed by atoms with Crippen molar-refractivity contribution in [3.8, 4) is 0 Å². The number of rotatable bonds is 5. The van der Waals surface area contributed by atoms with Gasteiger partial charge >= 0.3 is 6.18 Å². The van der Waals surface area contributed by atoms with E-state index < -0.39 is 18.3 Å². The van der Waals surface area contributed by atoms with Crippen LogP contribution in [0.15, 0.2) is 0 Å². The highest BCUT2D eigenvalue weighted by Gasteiger charge is 2.44. The van der Waals surface area contributed by atoms with E-state index in [0.717, 1.165) is 12.8 Å². The predicted octanol–water partition coefficient (Wildman–Crippen LogP) is 1.66. The van der Waals surface area contributed by atoms with Crippen molar-refractivity contribution in [3.63, 3.8) is 0 Å². The quantitative estimate of drug-likeness (QED) is 0.724. The third kappa shape index (κ3) is 2.85. The van der Waals surface area contributed by atoms with Crippen LogP contribution in [0.25, 0.3) is 0 Å². The molecule has 1 rings (SSSR count). The van der Waals surface area contributed by atoms with Gasteiger partial charge < -0.3 is 11.1 Å². The van der Waals surface area contributed by atoms with Crippen molar-refractivity contribution < 1.29 is 13.2 Å². The van der Waals surface area contributed by atoms with Gasteiger partial charge in [0.25, 0.3) is 0 Å². The van der Waals surface area contributed by atoms with Gasteiger partial charge in [0.1, 0.15) is 0 Å². The molecular weight excluding hydrogens is 193 g/mol. The molecule has 5 heteroatoms. The van der Waals surface area contributed by atoms with Crippen LogP contribution in [-0.2, 0) is 0 Å². The lowest BCUT2D eigenvalue weighted by Gasteiger charge is -2.33. The molecule has 0 aromatic carbocycles. The Labute approximate surface area is 82.0 Å². The molecule has 2 nitrogen and oxygen atoms in total. The SMILES string of the molecule is CCC(CN)(NCC(F)(F)F)C1CC1. The number of halogens is 3. The fourth-order valence-electron chi connectivity index (χ4n) is 1.85. The highest BCUT2D eigenvalue weighted by molar-refractivity contribution is 5.01. The Balaban J connectivity index is 2.50. The first-order valence-corrected chi connectivity index (χ1v) is 4.95. The van der Waals surface area contributed by atoms with Gasteiger partial charge in [-0.3, -0.25) is 0 Å². The Hall–Kier alpha value is -0.290. The fourth-order valence-corrected chi connectivity index (χ4v) is 1.85. The van der Waals surface area contributed by atoms with Crippen molar-refractivity contribution >= 4 is 0 Å². The van der Waals surface area contributed by atoms with E-state index in [0.29, 0.717) is 12.3 Å².